The number of aromatic nitrogens is 2. The molecule has 10 heteroatoms. The number of benzene rings is 1. The van der Waals surface area contributed by atoms with E-state index in [1.807, 2.05) is 5.38 Å². The zero-order chi connectivity index (χ0) is 22.0. The first-order valence-corrected chi connectivity index (χ1v) is 12.5. The summed E-state index contributed by atoms with van der Waals surface area (Å²) < 4.78 is 28.5. The summed E-state index contributed by atoms with van der Waals surface area (Å²) in [5.41, 5.74) is 0.343. The SMILES string of the molecule is CC1CCN(S(=O)(=O)c2ccc(NC(=O)CCn3cnc4sccc4c3=O)cc2)CC1. The van der Waals surface area contributed by atoms with Crippen LogP contribution in [-0.2, 0) is 21.4 Å². The summed E-state index contributed by atoms with van der Waals surface area (Å²) in [5, 5.41) is 5.11. The molecule has 31 heavy (non-hydrogen) atoms. The molecule has 1 aromatic carbocycles. The molecular formula is C21H24N4O4S2. The summed E-state index contributed by atoms with van der Waals surface area (Å²) >= 11 is 1.40. The zero-order valence-electron chi connectivity index (χ0n) is 17.2. The van der Waals surface area contributed by atoms with Crippen LogP contribution in [0.1, 0.15) is 26.2 Å². The Morgan fingerprint density at radius 2 is 1.90 bits per heavy atom. The van der Waals surface area contributed by atoms with Gasteiger partial charge in [-0.3, -0.25) is 14.2 Å². The zero-order valence-corrected chi connectivity index (χ0v) is 18.8. The van der Waals surface area contributed by atoms with E-state index in [2.05, 4.69) is 17.2 Å². The van der Waals surface area contributed by atoms with Gasteiger partial charge in [0.2, 0.25) is 15.9 Å². The maximum atomic E-state index is 12.8. The summed E-state index contributed by atoms with van der Waals surface area (Å²) in [6, 6.07) is 7.93. The van der Waals surface area contributed by atoms with Gasteiger partial charge < -0.3 is 5.32 Å². The number of fused-ring (bicyclic) bond motifs is 1. The van der Waals surface area contributed by atoms with Crippen LogP contribution in [0.2, 0.25) is 0 Å². The van der Waals surface area contributed by atoms with Crippen LogP contribution in [0.3, 0.4) is 0 Å². The number of anilines is 1. The Kier molecular flexibility index (Phi) is 6.22. The quantitative estimate of drug-likeness (QED) is 0.610. The maximum absolute atomic E-state index is 12.8. The van der Waals surface area contributed by atoms with Crippen LogP contribution >= 0.6 is 11.3 Å². The van der Waals surface area contributed by atoms with Crippen molar-refractivity contribution in [3.8, 4) is 0 Å². The Hall–Kier alpha value is -2.56. The van der Waals surface area contributed by atoms with Crippen LogP contribution in [0.15, 0.2) is 51.7 Å². The standard InChI is InChI=1S/C21H24N4O4S2/c1-15-6-11-25(12-7-15)31(28,29)17-4-2-16(3-5-17)23-19(26)8-10-24-14-22-20-18(21(24)27)9-13-30-20/h2-5,9,13-15H,6-8,10-12H2,1H3,(H,23,26). The van der Waals surface area contributed by atoms with Gasteiger partial charge in [0.05, 0.1) is 16.6 Å². The van der Waals surface area contributed by atoms with Crippen molar-refractivity contribution in [1.29, 1.82) is 0 Å². The lowest BCUT2D eigenvalue weighted by Crippen LogP contribution is -2.37. The van der Waals surface area contributed by atoms with Crippen LogP contribution in [0, 0.1) is 5.92 Å². The minimum absolute atomic E-state index is 0.100. The van der Waals surface area contributed by atoms with Gasteiger partial charge in [-0.05, 0) is 54.5 Å². The van der Waals surface area contributed by atoms with Crippen molar-refractivity contribution in [2.75, 3.05) is 18.4 Å². The molecule has 1 fully saturated rings. The molecule has 1 amide bonds. The van der Waals surface area contributed by atoms with E-state index in [9.17, 15) is 18.0 Å². The lowest BCUT2D eigenvalue weighted by atomic mass is 10.0. The fourth-order valence-corrected chi connectivity index (χ4v) is 5.78. The number of nitrogens with zero attached hydrogens (tertiary/aromatic N) is 3. The maximum Gasteiger partial charge on any atom is 0.262 e. The molecule has 0 atom stereocenters. The molecule has 0 saturated carbocycles. The normalized spacial score (nSPS) is 15.9. The Labute approximate surface area is 184 Å². The first-order chi connectivity index (χ1) is 14.8. The third-order valence-electron chi connectivity index (χ3n) is 5.55. The number of carbonyl (C=O) groups is 1. The predicted octanol–water partition coefficient (Wildman–Crippen LogP) is 2.91. The van der Waals surface area contributed by atoms with Crippen molar-refractivity contribution >= 4 is 43.2 Å². The van der Waals surface area contributed by atoms with E-state index >= 15 is 0 Å². The number of carbonyl (C=O) groups excluding carboxylic acids is 1. The highest BCUT2D eigenvalue weighted by atomic mass is 32.2. The number of sulfonamides is 1. The highest BCUT2D eigenvalue weighted by Crippen LogP contribution is 2.24. The molecule has 1 aliphatic heterocycles. The Morgan fingerprint density at radius 1 is 1.19 bits per heavy atom. The molecule has 0 radical (unpaired) electrons. The molecule has 1 saturated heterocycles. The summed E-state index contributed by atoms with van der Waals surface area (Å²) in [4.78, 5) is 29.8. The molecule has 0 spiro atoms. The molecule has 0 bridgehead atoms. The topological polar surface area (TPSA) is 101 Å². The highest BCUT2D eigenvalue weighted by Gasteiger charge is 2.27. The van der Waals surface area contributed by atoms with Crippen molar-refractivity contribution in [3.05, 3.63) is 52.4 Å². The van der Waals surface area contributed by atoms with Gasteiger partial charge in [-0.2, -0.15) is 4.31 Å². The van der Waals surface area contributed by atoms with Gasteiger partial charge in [0.15, 0.2) is 0 Å². The Bertz CT molecular complexity index is 1240. The molecule has 2 aromatic heterocycles. The lowest BCUT2D eigenvalue weighted by molar-refractivity contribution is -0.116. The average molecular weight is 461 g/mol. The number of amides is 1. The monoisotopic (exact) mass is 460 g/mol. The van der Waals surface area contributed by atoms with Crippen molar-refractivity contribution in [2.24, 2.45) is 5.92 Å². The van der Waals surface area contributed by atoms with E-state index in [1.165, 1.54) is 38.7 Å². The molecule has 0 unspecified atom stereocenters. The molecule has 164 valence electrons. The number of aryl methyl sites for hydroxylation is 1. The lowest BCUT2D eigenvalue weighted by Gasteiger charge is -2.29. The average Bonchev–Trinajstić information content (AvgIpc) is 3.24. The third kappa shape index (κ3) is 4.70. The molecule has 3 heterocycles. The number of piperidine rings is 1. The predicted molar refractivity (Wildman–Crippen MR) is 121 cm³/mol. The fourth-order valence-electron chi connectivity index (χ4n) is 3.58. The smallest absolute Gasteiger partial charge is 0.262 e. The third-order valence-corrected chi connectivity index (χ3v) is 8.28. The number of rotatable bonds is 6. The minimum atomic E-state index is -3.52. The largest absolute Gasteiger partial charge is 0.326 e. The van der Waals surface area contributed by atoms with Crippen LogP contribution in [0.25, 0.3) is 10.2 Å². The number of hydrogen-bond donors (Lipinski definition) is 1. The Morgan fingerprint density at radius 3 is 2.61 bits per heavy atom. The Balaban J connectivity index is 1.36. The molecule has 1 aliphatic rings. The summed E-state index contributed by atoms with van der Waals surface area (Å²) in [6.07, 6.45) is 3.29. The van der Waals surface area contributed by atoms with Gasteiger partial charge in [0.25, 0.3) is 5.56 Å². The molecule has 3 aromatic rings. The first kappa shape index (κ1) is 21.7. The van der Waals surface area contributed by atoms with Crippen LogP contribution in [-0.4, -0.2) is 41.3 Å². The summed E-state index contributed by atoms with van der Waals surface area (Å²) in [7, 11) is -3.52. The highest BCUT2D eigenvalue weighted by molar-refractivity contribution is 7.89. The van der Waals surface area contributed by atoms with Crippen molar-refractivity contribution in [2.45, 2.75) is 37.6 Å². The molecule has 1 N–H and O–H groups in total. The first-order valence-electron chi connectivity index (χ1n) is 10.2. The molecular weight excluding hydrogens is 436 g/mol. The van der Waals surface area contributed by atoms with E-state index in [-0.39, 0.29) is 29.3 Å². The number of nitrogens with one attached hydrogen (secondary N) is 1. The van der Waals surface area contributed by atoms with Crippen LogP contribution in [0.5, 0.6) is 0 Å². The molecule has 4 rings (SSSR count). The van der Waals surface area contributed by atoms with Gasteiger partial charge in [-0.15, -0.1) is 11.3 Å². The van der Waals surface area contributed by atoms with Gasteiger partial charge in [-0.1, -0.05) is 6.92 Å². The second kappa shape index (κ2) is 8.89. The van der Waals surface area contributed by atoms with Gasteiger partial charge in [0.1, 0.15) is 4.83 Å². The van der Waals surface area contributed by atoms with Gasteiger partial charge in [0, 0.05) is 31.7 Å². The van der Waals surface area contributed by atoms with E-state index in [1.54, 1.807) is 18.2 Å². The fraction of sp³-hybridized carbons (Fsp3) is 0.381. The second-order valence-corrected chi connectivity index (χ2v) is 10.6. The van der Waals surface area contributed by atoms with Crippen LogP contribution < -0.4 is 10.9 Å². The molecule has 8 nitrogen and oxygen atoms in total. The van der Waals surface area contributed by atoms with Gasteiger partial charge >= 0.3 is 0 Å². The van der Waals surface area contributed by atoms with Crippen molar-refractivity contribution in [1.82, 2.24) is 13.9 Å². The second-order valence-electron chi connectivity index (χ2n) is 7.79. The summed E-state index contributed by atoms with van der Waals surface area (Å²) in [5.74, 6) is 0.278. The van der Waals surface area contributed by atoms with Crippen molar-refractivity contribution < 1.29 is 13.2 Å². The van der Waals surface area contributed by atoms with Gasteiger partial charge in [-0.25, -0.2) is 13.4 Å². The van der Waals surface area contributed by atoms with E-state index < -0.39 is 10.0 Å². The molecule has 0 aliphatic carbocycles. The number of hydrogen-bond acceptors (Lipinski definition) is 6. The van der Waals surface area contributed by atoms with Crippen LogP contribution in [0.4, 0.5) is 5.69 Å². The minimum Gasteiger partial charge on any atom is -0.326 e. The van der Waals surface area contributed by atoms with E-state index in [4.69, 9.17) is 0 Å². The van der Waals surface area contributed by atoms with E-state index in [0.29, 0.717) is 34.9 Å². The number of thiophene rings is 1. The van der Waals surface area contributed by atoms with E-state index in [0.717, 1.165) is 12.8 Å². The van der Waals surface area contributed by atoms with Crippen molar-refractivity contribution in [3.63, 3.8) is 0 Å². The summed E-state index contributed by atoms with van der Waals surface area (Å²) in [6.45, 7) is 3.42.